The van der Waals surface area contributed by atoms with Gasteiger partial charge in [-0.2, -0.15) is 0 Å². The summed E-state index contributed by atoms with van der Waals surface area (Å²) in [4.78, 5) is 11.0. The monoisotopic (exact) mass is 231 g/mol. The molecule has 1 heterocycles. The van der Waals surface area contributed by atoms with Crippen LogP contribution in [0.5, 0.6) is 0 Å². The second-order valence-corrected chi connectivity index (χ2v) is 4.39. The molecule has 88 valence electrons. The molecule has 1 aromatic carbocycles. The van der Waals surface area contributed by atoms with Gasteiger partial charge in [0.2, 0.25) is 0 Å². The highest BCUT2D eigenvalue weighted by Gasteiger charge is 2.21. The maximum Gasteiger partial charge on any atom is 0.336 e. The van der Waals surface area contributed by atoms with Gasteiger partial charge in [0.05, 0.1) is 12.1 Å². The number of carboxylic acid groups (broad SMARTS) is 1. The summed E-state index contributed by atoms with van der Waals surface area (Å²) < 4.78 is 5.61. The van der Waals surface area contributed by atoms with Crippen LogP contribution in [0.4, 0.5) is 0 Å². The average Bonchev–Trinajstić information content (AvgIpc) is 3.04. The predicted molar refractivity (Wildman–Crippen MR) is 63.0 cm³/mol. The quantitative estimate of drug-likeness (QED) is 0.848. The lowest BCUT2D eigenvalue weighted by Gasteiger charge is -1.96. The second-order valence-electron chi connectivity index (χ2n) is 4.39. The largest absolute Gasteiger partial charge is 0.478 e. The molecule has 0 spiro atoms. The van der Waals surface area contributed by atoms with E-state index in [0.29, 0.717) is 29.1 Å². The Kier molecular flexibility index (Phi) is 2.37. The van der Waals surface area contributed by atoms with E-state index >= 15 is 0 Å². The van der Waals surface area contributed by atoms with Crippen molar-refractivity contribution in [3.8, 4) is 0 Å². The van der Waals surface area contributed by atoms with E-state index in [1.807, 2.05) is 6.07 Å². The molecule has 3 rings (SSSR count). The summed E-state index contributed by atoms with van der Waals surface area (Å²) >= 11 is 0. The average molecular weight is 231 g/mol. The number of benzene rings is 1. The minimum atomic E-state index is -0.918. The van der Waals surface area contributed by atoms with Crippen molar-refractivity contribution in [1.29, 1.82) is 0 Å². The first-order valence-electron chi connectivity index (χ1n) is 5.72. The van der Waals surface area contributed by atoms with Gasteiger partial charge in [0, 0.05) is 11.4 Å². The number of fused-ring (bicyclic) bond motifs is 1. The molecule has 0 atom stereocenters. The molecule has 0 saturated heterocycles. The maximum atomic E-state index is 11.0. The van der Waals surface area contributed by atoms with Gasteiger partial charge in [-0.25, -0.2) is 4.79 Å². The Hall–Kier alpha value is -1.81. The zero-order valence-corrected chi connectivity index (χ0v) is 9.27. The van der Waals surface area contributed by atoms with E-state index in [1.165, 1.54) is 12.8 Å². The van der Waals surface area contributed by atoms with Gasteiger partial charge >= 0.3 is 5.97 Å². The van der Waals surface area contributed by atoms with Crippen LogP contribution in [0.2, 0.25) is 0 Å². The Bertz CT molecular complexity index is 569. The Labute approximate surface area is 98.2 Å². The van der Waals surface area contributed by atoms with Crippen LogP contribution < -0.4 is 5.32 Å². The molecule has 2 aromatic rings. The van der Waals surface area contributed by atoms with Gasteiger partial charge in [0.25, 0.3) is 0 Å². The van der Waals surface area contributed by atoms with Crippen LogP contribution in [0.25, 0.3) is 11.0 Å². The van der Waals surface area contributed by atoms with Crippen molar-refractivity contribution in [2.45, 2.75) is 25.4 Å². The highest BCUT2D eigenvalue weighted by atomic mass is 16.4. The van der Waals surface area contributed by atoms with Crippen molar-refractivity contribution >= 4 is 16.9 Å². The molecular formula is C13H13NO3. The third-order valence-corrected chi connectivity index (χ3v) is 2.99. The lowest BCUT2D eigenvalue weighted by molar-refractivity contribution is 0.0699. The van der Waals surface area contributed by atoms with Gasteiger partial charge in [-0.15, -0.1) is 0 Å². The summed E-state index contributed by atoms with van der Waals surface area (Å²) in [5, 5.41) is 13.1. The van der Waals surface area contributed by atoms with Gasteiger partial charge in [0.1, 0.15) is 11.3 Å². The van der Waals surface area contributed by atoms with Crippen LogP contribution >= 0.6 is 0 Å². The van der Waals surface area contributed by atoms with Crippen molar-refractivity contribution in [2.24, 2.45) is 0 Å². The molecule has 1 aliphatic carbocycles. The molecule has 17 heavy (non-hydrogen) atoms. The van der Waals surface area contributed by atoms with E-state index in [9.17, 15) is 4.79 Å². The molecule has 0 unspecified atom stereocenters. The van der Waals surface area contributed by atoms with Gasteiger partial charge in [-0.3, -0.25) is 0 Å². The summed E-state index contributed by atoms with van der Waals surface area (Å²) in [6.07, 6.45) is 2.45. The van der Waals surface area contributed by atoms with Gasteiger partial charge in [-0.05, 0) is 31.0 Å². The van der Waals surface area contributed by atoms with Crippen molar-refractivity contribution < 1.29 is 14.3 Å². The molecule has 1 fully saturated rings. The molecule has 2 N–H and O–H groups in total. The molecule has 0 aliphatic heterocycles. The predicted octanol–water partition coefficient (Wildman–Crippen LogP) is 2.38. The number of aromatic carboxylic acids is 1. The first-order chi connectivity index (χ1) is 8.24. The fourth-order valence-electron chi connectivity index (χ4n) is 1.92. The summed E-state index contributed by atoms with van der Waals surface area (Å²) in [5.41, 5.74) is 0.932. The van der Waals surface area contributed by atoms with E-state index in [4.69, 9.17) is 9.52 Å². The van der Waals surface area contributed by atoms with Crippen molar-refractivity contribution in [3.63, 3.8) is 0 Å². The zero-order chi connectivity index (χ0) is 11.8. The maximum absolute atomic E-state index is 11.0. The second kappa shape index (κ2) is 3.89. The lowest BCUT2D eigenvalue weighted by Crippen LogP contribution is -2.14. The lowest BCUT2D eigenvalue weighted by atomic mass is 10.1. The molecule has 0 bridgehead atoms. The molecule has 1 aromatic heterocycles. The standard InChI is InChI=1S/C13H13NO3/c15-13(16)10-2-1-3-12-11(10)6-9(17-12)7-14-8-4-5-8/h1-3,6,8,14H,4-5,7H2,(H,15,16). The first kappa shape index (κ1) is 10.4. The van der Waals surface area contributed by atoms with Crippen LogP contribution in [0.3, 0.4) is 0 Å². The fraction of sp³-hybridized carbons (Fsp3) is 0.308. The van der Waals surface area contributed by atoms with Crippen LogP contribution in [0.15, 0.2) is 28.7 Å². The van der Waals surface area contributed by atoms with E-state index in [1.54, 1.807) is 18.2 Å². The Morgan fingerprint density at radius 2 is 2.29 bits per heavy atom. The number of nitrogens with one attached hydrogen (secondary N) is 1. The number of carbonyl (C=O) groups is 1. The van der Waals surface area contributed by atoms with Gasteiger partial charge in [-0.1, -0.05) is 6.07 Å². The smallest absolute Gasteiger partial charge is 0.336 e. The normalized spacial score (nSPS) is 15.3. The van der Waals surface area contributed by atoms with E-state index < -0.39 is 5.97 Å². The topological polar surface area (TPSA) is 62.5 Å². The summed E-state index contributed by atoms with van der Waals surface area (Å²) in [6.45, 7) is 0.665. The first-order valence-corrected chi connectivity index (χ1v) is 5.72. The Balaban J connectivity index is 1.93. The molecule has 1 aliphatic rings. The molecule has 4 nitrogen and oxygen atoms in total. The highest BCUT2D eigenvalue weighted by Crippen LogP contribution is 2.24. The molecule has 1 saturated carbocycles. The van der Waals surface area contributed by atoms with Gasteiger partial charge in [0.15, 0.2) is 0 Å². The molecular weight excluding hydrogens is 218 g/mol. The number of hydrogen-bond acceptors (Lipinski definition) is 3. The van der Waals surface area contributed by atoms with E-state index in [0.717, 1.165) is 5.76 Å². The van der Waals surface area contributed by atoms with Crippen LogP contribution in [-0.2, 0) is 6.54 Å². The van der Waals surface area contributed by atoms with Crippen molar-refractivity contribution in [3.05, 3.63) is 35.6 Å². The number of hydrogen-bond donors (Lipinski definition) is 2. The number of carboxylic acids is 1. The third kappa shape index (κ3) is 2.03. The number of furan rings is 1. The van der Waals surface area contributed by atoms with Crippen molar-refractivity contribution in [1.82, 2.24) is 5.32 Å². The van der Waals surface area contributed by atoms with Crippen LogP contribution in [-0.4, -0.2) is 17.1 Å². The summed E-state index contributed by atoms with van der Waals surface area (Å²) in [5.74, 6) is -0.126. The summed E-state index contributed by atoms with van der Waals surface area (Å²) in [6, 6.07) is 7.52. The molecule has 0 radical (unpaired) electrons. The minimum Gasteiger partial charge on any atom is -0.478 e. The van der Waals surface area contributed by atoms with E-state index in [-0.39, 0.29) is 0 Å². The van der Waals surface area contributed by atoms with Gasteiger partial charge < -0.3 is 14.8 Å². The Morgan fingerprint density at radius 3 is 3.00 bits per heavy atom. The minimum absolute atomic E-state index is 0.295. The third-order valence-electron chi connectivity index (χ3n) is 2.99. The zero-order valence-electron chi connectivity index (χ0n) is 9.27. The number of rotatable bonds is 4. The summed E-state index contributed by atoms with van der Waals surface area (Å²) in [7, 11) is 0. The van der Waals surface area contributed by atoms with Crippen LogP contribution in [0, 0.1) is 0 Å². The molecule has 4 heteroatoms. The Morgan fingerprint density at radius 1 is 1.47 bits per heavy atom. The van der Waals surface area contributed by atoms with E-state index in [2.05, 4.69) is 5.32 Å². The molecule has 0 amide bonds. The SMILES string of the molecule is O=C(O)c1cccc2oc(CNC3CC3)cc12. The van der Waals surface area contributed by atoms with Crippen molar-refractivity contribution in [2.75, 3.05) is 0 Å². The van der Waals surface area contributed by atoms with Crippen LogP contribution in [0.1, 0.15) is 29.0 Å². The highest BCUT2D eigenvalue weighted by molar-refractivity contribution is 6.02. The fourth-order valence-corrected chi connectivity index (χ4v) is 1.92.